The standard InChI is InChI=1S/C15H26N2O/c1-5-10-16-13(6-2)12-17(3)14-8-7-9-15(11-14)18-4/h7-9,11,13,16H,5-6,10,12H2,1-4H3. The van der Waals surface area contributed by atoms with Crippen LogP contribution in [-0.2, 0) is 0 Å². The van der Waals surface area contributed by atoms with Gasteiger partial charge in [-0.2, -0.15) is 0 Å². The van der Waals surface area contributed by atoms with E-state index in [0.29, 0.717) is 6.04 Å². The summed E-state index contributed by atoms with van der Waals surface area (Å²) in [6.07, 6.45) is 2.33. The number of nitrogens with one attached hydrogen (secondary N) is 1. The van der Waals surface area contributed by atoms with Gasteiger partial charge in [-0.15, -0.1) is 0 Å². The molecule has 0 saturated heterocycles. The maximum Gasteiger partial charge on any atom is 0.120 e. The highest BCUT2D eigenvalue weighted by Gasteiger charge is 2.09. The summed E-state index contributed by atoms with van der Waals surface area (Å²) in [5.41, 5.74) is 1.20. The predicted octanol–water partition coefficient (Wildman–Crippen LogP) is 2.91. The highest BCUT2D eigenvalue weighted by Crippen LogP contribution is 2.20. The molecule has 0 heterocycles. The number of benzene rings is 1. The van der Waals surface area contributed by atoms with E-state index in [-0.39, 0.29) is 0 Å². The molecule has 102 valence electrons. The molecule has 1 N–H and O–H groups in total. The van der Waals surface area contributed by atoms with Gasteiger partial charge in [0.1, 0.15) is 5.75 Å². The first-order chi connectivity index (χ1) is 8.71. The molecule has 1 atom stereocenters. The van der Waals surface area contributed by atoms with Crippen LogP contribution in [0.15, 0.2) is 24.3 Å². The van der Waals surface area contributed by atoms with Crippen molar-refractivity contribution < 1.29 is 4.74 Å². The molecule has 1 unspecified atom stereocenters. The molecule has 1 rings (SSSR count). The van der Waals surface area contributed by atoms with E-state index < -0.39 is 0 Å². The van der Waals surface area contributed by atoms with Crippen LogP contribution in [0.25, 0.3) is 0 Å². The van der Waals surface area contributed by atoms with Gasteiger partial charge in [0.25, 0.3) is 0 Å². The highest BCUT2D eigenvalue weighted by atomic mass is 16.5. The lowest BCUT2D eigenvalue weighted by Crippen LogP contribution is -2.39. The number of hydrogen-bond acceptors (Lipinski definition) is 3. The van der Waals surface area contributed by atoms with Crippen molar-refractivity contribution in [2.75, 3.05) is 32.1 Å². The number of anilines is 1. The number of nitrogens with zero attached hydrogens (tertiary/aromatic N) is 1. The Bertz CT molecular complexity index is 341. The Morgan fingerprint density at radius 1 is 1.33 bits per heavy atom. The van der Waals surface area contributed by atoms with Crippen LogP contribution in [-0.4, -0.2) is 33.3 Å². The average molecular weight is 250 g/mol. The molecule has 0 aliphatic rings. The molecular weight excluding hydrogens is 224 g/mol. The largest absolute Gasteiger partial charge is 0.497 e. The Morgan fingerprint density at radius 3 is 2.72 bits per heavy atom. The van der Waals surface area contributed by atoms with Gasteiger partial charge in [-0.3, -0.25) is 0 Å². The van der Waals surface area contributed by atoms with Gasteiger partial charge in [0.15, 0.2) is 0 Å². The van der Waals surface area contributed by atoms with Crippen molar-refractivity contribution in [3.8, 4) is 5.75 Å². The second-order valence-electron chi connectivity index (χ2n) is 4.64. The van der Waals surface area contributed by atoms with E-state index in [1.807, 2.05) is 12.1 Å². The van der Waals surface area contributed by atoms with E-state index in [1.54, 1.807) is 7.11 Å². The van der Waals surface area contributed by atoms with Gasteiger partial charge in [-0.05, 0) is 31.5 Å². The molecule has 0 aromatic heterocycles. The van der Waals surface area contributed by atoms with Crippen LogP contribution in [0, 0.1) is 0 Å². The summed E-state index contributed by atoms with van der Waals surface area (Å²) in [7, 11) is 3.84. The minimum atomic E-state index is 0.543. The van der Waals surface area contributed by atoms with Crippen molar-refractivity contribution in [1.82, 2.24) is 5.32 Å². The molecule has 18 heavy (non-hydrogen) atoms. The Hall–Kier alpha value is -1.22. The van der Waals surface area contributed by atoms with Gasteiger partial charge in [-0.25, -0.2) is 0 Å². The molecule has 3 nitrogen and oxygen atoms in total. The van der Waals surface area contributed by atoms with E-state index >= 15 is 0 Å². The molecule has 1 aromatic carbocycles. The zero-order chi connectivity index (χ0) is 13.4. The average Bonchev–Trinajstić information content (AvgIpc) is 2.43. The summed E-state index contributed by atoms with van der Waals surface area (Å²) >= 11 is 0. The minimum Gasteiger partial charge on any atom is -0.497 e. The van der Waals surface area contributed by atoms with Crippen LogP contribution in [0.4, 0.5) is 5.69 Å². The molecule has 0 aliphatic heterocycles. The Labute approximate surface area is 111 Å². The molecule has 0 amide bonds. The number of methoxy groups -OCH3 is 1. The quantitative estimate of drug-likeness (QED) is 0.768. The van der Waals surface area contributed by atoms with Crippen molar-refractivity contribution in [2.45, 2.75) is 32.7 Å². The molecule has 0 bridgehead atoms. The lowest BCUT2D eigenvalue weighted by Gasteiger charge is -2.26. The third-order valence-electron chi connectivity index (χ3n) is 3.16. The van der Waals surface area contributed by atoms with E-state index in [4.69, 9.17) is 4.74 Å². The maximum atomic E-state index is 5.26. The van der Waals surface area contributed by atoms with E-state index in [2.05, 4.69) is 43.2 Å². The Morgan fingerprint density at radius 2 is 2.11 bits per heavy atom. The smallest absolute Gasteiger partial charge is 0.120 e. The van der Waals surface area contributed by atoms with Gasteiger partial charge < -0.3 is 15.0 Å². The van der Waals surface area contributed by atoms with Crippen molar-refractivity contribution >= 4 is 5.69 Å². The van der Waals surface area contributed by atoms with E-state index in [9.17, 15) is 0 Å². The number of hydrogen-bond donors (Lipinski definition) is 1. The van der Waals surface area contributed by atoms with E-state index in [0.717, 1.165) is 25.3 Å². The number of ether oxygens (including phenoxy) is 1. The van der Waals surface area contributed by atoms with Crippen LogP contribution in [0.3, 0.4) is 0 Å². The van der Waals surface area contributed by atoms with Crippen molar-refractivity contribution in [3.63, 3.8) is 0 Å². The van der Waals surface area contributed by atoms with Crippen molar-refractivity contribution in [2.24, 2.45) is 0 Å². The Kier molecular flexibility index (Phi) is 6.58. The third-order valence-corrected chi connectivity index (χ3v) is 3.16. The second kappa shape index (κ2) is 7.98. The van der Waals surface area contributed by atoms with Crippen LogP contribution < -0.4 is 15.0 Å². The summed E-state index contributed by atoms with van der Waals surface area (Å²) in [4.78, 5) is 2.28. The fraction of sp³-hybridized carbons (Fsp3) is 0.600. The molecule has 0 saturated carbocycles. The normalized spacial score (nSPS) is 12.2. The molecule has 0 fully saturated rings. The lowest BCUT2D eigenvalue weighted by atomic mass is 10.2. The van der Waals surface area contributed by atoms with Gasteiger partial charge in [-0.1, -0.05) is 19.9 Å². The summed E-state index contributed by atoms with van der Waals surface area (Å²) < 4.78 is 5.26. The zero-order valence-corrected chi connectivity index (χ0v) is 12.1. The first-order valence-electron chi connectivity index (χ1n) is 6.79. The maximum absolute atomic E-state index is 5.26. The van der Waals surface area contributed by atoms with E-state index in [1.165, 1.54) is 12.1 Å². The monoisotopic (exact) mass is 250 g/mol. The third kappa shape index (κ3) is 4.57. The fourth-order valence-electron chi connectivity index (χ4n) is 1.97. The molecular formula is C15H26N2O. The lowest BCUT2D eigenvalue weighted by molar-refractivity contribution is 0.414. The summed E-state index contributed by atoms with van der Waals surface area (Å²) in [5, 5.41) is 3.58. The van der Waals surface area contributed by atoms with Crippen LogP contribution >= 0.6 is 0 Å². The SMILES string of the molecule is CCCNC(CC)CN(C)c1cccc(OC)c1. The first kappa shape index (κ1) is 14.8. The number of rotatable bonds is 8. The molecule has 3 heteroatoms. The van der Waals surface area contributed by atoms with Crippen molar-refractivity contribution in [1.29, 1.82) is 0 Å². The molecule has 1 aromatic rings. The van der Waals surface area contributed by atoms with Crippen LogP contribution in [0.2, 0.25) is 0 Å². The Balaban J connectivity index is 2.59. The topological polar surface area (TPSA) is 24.5 Å². The highest BCUT2D eigenvalue weighted by molar-refractivity contribution is 5.50. The van der Waals surface area contributed by atoms with Gasteiger partial charge in [0.05, 0.1) is 7.11 Å². The predicted molar refractivity (Wildman–Crippen MR) is 78.6 cm³/mol. The van der Waals surface area contributed by atoms with Crippen molar-refractivity contribution in [3.05, 3.63) is 24.3 Å². The summed E-state index contributed by atoms with van der Waals surface area (Å²) in [6.45, 7) is 6.53. The molecule has 0 aliphatic carbocycles. The minimum absolute atomic E-state index is 0.543. The summed E-state index contributed by atoms with van der Waals surface area (Å²) in [5.74, 6) is 0.911. The fourth-order valence-corrected chi connectivity index (χ4v) is 1.97. The number of likely N-dealkylation sites (N-methyl/N-ethyl adjacent to an activating group) is 1. The van der Waals surface area contributed by atoms with Gasteiger partial charge in [0.2, 0.25) is 0 Å². The zero-order valence-electron chi connectivity index (χ0n) is 12.1. The van der Waals surface area contributed by atoms with Gasteiger partial charge in [0, 0.05) is 31.4 Å². The molecule has 0 radical (unpaired) electrons. The van der Waals surface area contributed by atoms with Gasteiger partial charge >= 0.3 is 0 Å². The van der Waals surface area contributed by atoms with Crippen LogP contribution in [0.1, 0.15) is 26.7 Å². The molecule has 0 spiro atoms. The van der Waals surface area contributed by atoms with Crippen LogP contribution in [0.5, 0.6) is 5.75 Å². The summed E-state index contributed by atoms with van der Waals surface area (Å²) in [6, 6.07) is 8.75. The first-order valence-corrected chi connectivity index (χ1v) is 6.79. The second-order valence-corrected chi connectivity index (χ2v) is 4.64.